The van der Waals surface area contributed by atoms with Crippen LogP contribution < -0.4 is 0 Å². The third-order valence-electron chi connectivity index (χ3n) is 3.82. The van der Waals surface area contributed by atoms with Gasteiger partial charge in [0.1, 0.15) is 0 Å². The molecule has 2 aliphatic heterocycles. The summed E-state index contributed by atoms with van der Waals surface area (Å²) in [5, 5.41) is 0. The molecular weight excluding hydrogens is 184 g/mol. The van der Waals surface area contributed by atoms with E-state index in [9.17, 15) is 0 Å². The Balaban J connectivity index is 1.91. The molecule has 2 heterocycles. The second kappa shape index (κ2) is 4.84. The highest BCUT2D eigenvalue weighted by Gasteiger charge is 2.39. The molecule has 0 aromatic rings. The number of hydrogen-bond acceptors (Lipinski definition) is 2. The van der Waals surface area contributed by atoms with Crippen molar-refractivity contribution in [3.63, 3.8) is 0 Å². The van der Waals surface area contributed by atoms with Crippen molar-refractivity contribution in [2.24, 2.45) is 5.92 Å². The molecule has 0 saturated carbocycles. The van der Waals surface area contributed by atoms with Crippen molar-refractivity contribution < 1.29 is 0 Å². The fraction of sp³-hybridized carbons (Fsp3) is 1.00. The maximum Gasteiger partial charge on any atom is 0.0227 e. The molecule has 2 rings (SSSR count). The molecule has 88 valence electrons. The third kappa shape index (κ3) is 2.54. The van der Waals surface area contributed by atoms with Crippen LogP contribution in [0.4, 0.5) is 0 Å². The Kier molecular flexibility index (Phi) is 3.68. The molecule has 0 radical (unpaired) electrons. The molecule has 2 bridgehead atoms. The van der Waals surface area contributed by atoms with E-state index in [0.29, 0.717) is 0 Å². The monoisotopic (exact) mass is 210 g/mol. The van der Waals surface area contributed by atoms with Crippen LogP contribution in [-0.2, 0) is 0 Å². The van der Waals surface area contributed by atoms with Gasteiger partial charge in [-0.2, -0.15) is 0 Å². The van der Waals surface area contributed by atoms with Gasteiger partial charge in [-0.15, -0.1) is 0 Å². The first kappa shape index (κ1) is 11.4. The van der Waals surface area contributed by atoms with E-state index in [4.69, 9.17) is 0 Å². The molecule has 0 amide bonds. The fourth-order valence-electron chi connectivity index (χ4n) is 3.30. The van der Waals surface area contributed by atoms with E-state index < -0.39 is 0 Å². The average molecular weight is 210 g/mol. The number of rotatable bonds is 4. The van der Waals surface area contributed by atoms with Gasteiger partial charge in [0, 0.05) is 31.7 Å². The molecule has 2 atom stereocenters. The summed E-state index contributed by atoms with van der Waals surface area (Å²) in [5.74, 6) is 0.825. The molecule has 0 aromatic heterocycles. The van der Waals surface area contributed by atoms with Crippen molar-refractivity contribution in [3.8, 4) is 0 Å². The maximum atomic E-state index is 2.79. The summed E-state index contributed by atoms with van der Waals surface area (Å²) in [6, 6.07) is 1.75. The quantitative estimate of drug-likeness (QED) is 0.702. The van der Waals surface area contributed by atoms with Crippen LogP contribution in [0.15, 0.2) is 0 Å². The van der Waals surface area contributed by atoms with Crippen molar-refractivity contribution in [3.05, 3.63) is 0 Å². The molecule has 2 nitrogen and oxygen atoms in total. The van der Waals surface area contributed by atoms with E-state index >= 15 is 0 Å². The summed E-state index contributed by atoms with van der Waals surface area (Å²) >= 11 is 0. The lowest BCUT2D eigenvalue weighted by Gasteiger charge is -2.41. The van der Waals surface area contributed by atoms with Crippen LogP contribution in [-0.4, -0.2) is 48.1 Å². The van der Waals surface area contributed by atoms with Gasteiger partial charge in [0.25, 0.3) is 0 Å². The number of fused-ring (bicyclic) bond motifs is 2. The van der Waals surface area contributed by atoms with Crippen LogP contribution in [0.3, 0.4) is 0 Å². The molecule has 2 saturated heterocycles. The zero-order chi connectivity index (χ0) is 10.8. The van der Waals surface area contributed by atoms with Crippen molar-refractivity contribution in [2.75, 3.05) is 26.2 Å². The van der Waals surface area contributed by atoms with Crippen LogP contribution in [0.25, 0.3) is 0 Å². The second-order valence-electron chi connectivity index (χ2n) is 5.74. The van der Waals surface area contributed by atoms with Crippen LogP contribution in [0.2, 0.25) is 0 Å². The van der Waals surface area contributed by atoms with Crippen LogP contribution >= 0.6 is 0 Å². The predicted octanol–water partition coefficient (Wildman–Crippen LogP) is 2.20. The van der Waals surface area contributed by atoms with E-state index in [-0.39, 0.29) is 0 Å². The van der Waals surface area contributed by atoms with Crippen molar-refractivity contribution in [1.29, 1.82) is 0 Å². The molecule has 0 aliphatic carbocycles. The van der Waals surface area contributed by atoms with Gasteiger partial charge in [-0.1, -0.05) is 20.8 Å². The Labute approximate surface area is 94.6 Å². The van der Waals surface area contributed by atoms with Crippen LogP contribution in [0, 0.1) is 5.92 Å². The molecule has 2 aliphatic rings. The Bertz CT molecular complexity index is 189. The van der Waals surface area contributed by atoms with Gasteiger partial charge in [0.15, 0.2) is 0 Å². The van der Waals surface area contributed by atoms with E-state index in [2.05, 4.69) is 30.6 Å². The van der Waals surface area contributed by atoms with E-state index in [1.165, 1.54) is 45.4 Å². The topological polar surface area (TPSA) is 6.48 Å². The highest BCUT2D eigenvalue weighted by atomic mass is 15.3. The highest BCUT2D eigenvalue weighted by Crippen LogP contribution is 2.30. The van der Waals surface area contributed by atoms with Gasteiger partial charge in [0.2, 0.25) is 0 Å². The van der Waals surface area contributed by atoms with Crippen molar-refractivity contribution in [1.82, 2.24) is 9.80 Å². The van der Waals surface area contributed by atoms with E-state index in [1.54, 1.807) is 0 Å². The van der Waals surface area contributed by atoms with Gasteiger partial charge in [-0.05, 0) is 31.7 Å². The highest BCUT2D eigenvalue weighted by molar-refractivity contribution is 4.95. The van der Waals surface area contributed by atoms with Crippen LogP contribution in [0.5, 0.6) is 0 Å². The fourth-order valence-corrected chi connectivity index (χ4v) is 3.30. The lowest BCUT2D eigenvalue weighted by molar-refractivity contribution is 0.0582. The summed E-state index contributed by atoms with van der Waals surface area (Å²) < 4.78 is 0. The molecule has 0 unspecified atom stereocenters. The molecular formula is C13H26N2. The Morgan fingerprint density at radius 2 is 1.73 bits per heavy atom. The Hall–Kier alpha value is -0.0800. The zero-order valence-electron chi connectivity index (χ0n) is 10.6. The molecule has 0 N–H and O–H groups in total. The lowest BCUT2D eigenvalue weighted by atomic mass is 10.1. The van der Waals surface area contributed by atoms with Gasteiger partial charge in [-0.25, -0.2) is 0 Å². The minimum absolute atomic E-state index is 0.825. The Morgan fingerprint density at radius 3 is 2.20 bits per heavy atom. The maximum absolute atomic E-state index is 2.79. The second-order valence-corrected chi connectivity index (χ2v) is 5.74. The number of hydrogen-bond donors (Lipinski definition) is 0. The predicted molar refractivity (Wildman–Crippen MR) is 65.1 cm³/mol. The molecule has 15 heavy (non-hydrogen) atoms. The standard InChI is InChI=1S/C13H26N2/c1-4-7-14-9-12-5-6-13(10-14)15(12)8-11(2)3/h11-13H,4-10H2,1-3H3/t12-,13+. The summed E-state index contributed by atoms with van der Waals surface area (Å²) in [7, 11) is 0. The van der Waals surface area contributed by atoms with Crippen molar-refractivity contribution in [2.45, 2.75) is 52.1 Å². The summed E-state index contributed by atoms with van der Waals surface area (Å²) in [4.78, 5) is 5.47. The molecule has 2 heteroatoms. The zero-order valence-corrected chi connectivity index (χ0v) is 10.6. The summed E-state index contributed by atoms with van der Waals surface area (Å²) in [6.07, 6.45) is 4.19. The molecule has 0 spiro atoms. The minimum atomic E-state index is 0.825. The largest absolute Gasteiger partial charge is 0.300 e. The first-order chi connectivity index (χ1) is 7.20. The number of nitrogens with zero attached hydrogens (tertiary/aromatic N) is 2. The summed E-state index contributed by atoms with van der Waals surface area (Å²) in [5.41, 5.74) is 0. The normalized spacial score (nSPS) is 32.8. The average Bonchev–Trinajstić information content (AvgIpc) is 2.43. The molecule has 0 aromatic carbocycles. The van der Waals surface area contributed by atoms with Gasteiger partial charge >= 0.3 is 0 Å². The first-order valence-corrected chi connectivity index (χ1v) is 6.68. The smallest absolute Gasteiger partial charge is 0.0227 e. The minimum Gasteiger partial charge on any atom is -0.300 e. The Morgan fingerprint density at radius 1 is 1.13 bits per heavy atom. The lowest BCUT2D eigenvalue weighted by Crippen LogP contribution is -2.54. The van der Waals surface area contributed by atoms with Gasteiger partial charge < -0.3 is 4.90 Å². The molecule has 2 fully saturated rings. The summed E-state index contributed by atoms with van der Waals surface area (Å²) in [6.45, 7) is 12.3. The van der Waals surface area contributed by atoms with Crippen molar-refractivity contribution >= 4 is 0 Å². The van der Waals surface area contributed by atoms with Gasteiger partial charge in [0.05, 0.1) is 0 Å². The SMILES string of the molecule is CCCN1C[C@H]2CC[C@@H](C1)N2CC(C)C. The van der Waals surface area contributed by atoms with Crippen LogP contribution in [0.1, 0.15) is 40.0 Å². The van der Waals surface area contributed by atoms with Gasteiger partial charge in [-0.3, -0.25) is 4.90 Å². The van der Waals surface area contributed by atoms with E-state index in [0.717, 1.165) is 18.0 Å². The number of piperazine rings is 1. The number of likely N-dealkylation sites (tertiary alicyclic amines) is 1. The third-order valence-corrected chi connectivity index (χ3v) is 3.82. The van der Waals surface area contributed by atoms with E-state index in [1.807, 2.05) is 0 Å². The first-order valence-electron chi connectivity index (χ1n) is 6.68.